The molecule has 0 aliphatic carbocycles. The molecule has 0 spiro atoms. The first-order valence-corrected chi connectivity index (χ1v) is 10.2. The average molecular weight is 420 g/mol. The van der Waals surface area contributed by atoms with Crippen LogP contribution in [0, 0.1) is 0 Å². The Morgan fingerprint density at radius 2 is 1.81 bits per heavy atom. The average Bonchev–Trinajstić information content (AvgIpc) is 3.30. The number of hydrogen-bond acceptors (Lipinski definition) is 6. The highest BCUT2D eigenvalue weighted by molar-refractivity contribution is 7.98. The maximum absolute atomic E-state index is 6.23. The molecule has 4 nitrogen and oxygen atoms in total. The molecule has 0 unspecified atom stereocenters. The zero-order chi connectivity index (χ0) is 17.9. The van der Waals surface area contributed by atoms with Crippen LogP contribution in [0.2, 0.25) is 10.0 Å². The van der Waals surface area contributed by atoms with E-state index in [-0.39, 0.29) is 0 Å². The van der Waals surface area contributed by atoms with Gasteiger partial charge in [-0.1, -0.05) is 53.2 Å². The molecule has 0 amide bonds. The Bertz CT molecular complexity index is 1030. The number of aromatic nitrogens is 3. The number of thioether (sulfide) groups is 1. The van der Waals surface area contributed by atoms with Crippen molar-refractivity contribution in [1.29, 1.82) is 0 Å². The summed E-state index contributed by atoms with van der Waals surface area (Å²) in [6.07, 6.45) is 0. The molecule has 8 heteroatoms. The summed E-state index contributed by atoms with van der Waals surface area (Å²) < 4.78 is 5.69. The van der Waals surface area contributed by atoms with Crippen LogP contribution in [0.3, 0.4) is 0 Å². The fraction of sp³-hybridized carbons (Fsp3) is 0.0556. The lowest BCUT2D eigenvalue weighted by Gasteiger charge is -1.98. The van der Waals surface area contributed by atoms with Crippen LogP contribution in [-0.2, 0) is 5.75 Å². The summed E-state index contributed by atoms with van der Waals surface area (Å²) >= 11 is 15.1. The van der Waals surface area contributed by atoms with Crippen molar-refractivity contribution in [3.05, 3.63) is 69.7 Å². The van der Waals surface area contributed by atoms with Gasteiger partial charge < -0.3 is 4.42 Å². The van der Waals surface area contributed by atoms with Crippen molar-refractivity contribution in [3.63, 3.8) is 0 Å². The minimum Gasteiger partial charge on any atom is -0.411 e. The third-order valence-corrected chi connectivity index (χ3v) is 5.86. The van der Waals surface area contributed by atoms with Crippen molar-refractivity contribution in [2.75, 3.05) is 0 Å². The van der Waals surface area contributed by atoms with Crippen molar-refractivity contribution >= 4 is 46.3 Å². The SMILES string of the molecule is Clc1ccc(-c2nnc(SCc3csc(-c4ccccc4Cl)n3)o2)cc1. The summed E-state index contributed by atoms with van der Waals surface area (Å²) in [5.74, 6) is 1.11. The van der Waals surface area contributed by atoms with E-state index in [4.69, 9.17) is 27.6 Å². The normalized spacial score (nSPS) is 11.0. The van der Waals surface area contributed by atoms with Crippen molar-refractivity contribution in [2.45, 2.75) is 11.0 Å². The summed E-state index contributed by atoms with van der Waals surface area (Å²) in [7, 11) is 0. The third-order valence-electron chi connectivity index (χ3n) is 3.50. The van der Waals surface area contributed by atoms with Crippen molar-refractivity contribution in [2.24, 2.45) is 0 Å². The smallest absolute Gasteiger partial charge is 0.277 e. The Morgan fingerprint density at radius 3 is 2.62 bits per heavy atom. The van der Waals surface area contributed by atoms with Gasteiger partial charge in [-0.3, -0.25) is 0 Å². The van der Waals surface area contributed by atoms with Gasteiger partial charge in [0.15, 0.2) is 0 Å². The molecule has 0 aliphatic heterocycles. The van der Waals surface area contributed by atoms with Crippen LogP contribution in [-0.4, -0.2) is 15.2 Å². The Labute approximate surface area is 168 Å². The molecule has 130 valence electrons. The summed E-state index contributed by atoms with van der Waals surface area (Å²) in [6.45, 7) is 0. The van der Waals surface area contributed by atoms with E-state index in [2.05, 4.69) is 15.2 Å². The second-order valence-electron chi connectivity index (χ2n) is 5.29. The summed E-state index contributed by atoms with van der Waals surface area (Å²) in [6, 6.07) is 15.0. The molecule has 4 rings (SSSR count). The number of rotatable bonds is 5. The van der Waals surface area contributed by atoms with Crippen molar-refractivity contribution in [1.82, 2.24) is 15.2 Å². The van der Waals surface area contributed by atoms with Crippen LogP contribution in [0.4, 0.5) is 0 Å². The van der Waals surface area contributed by atoms with Gasteiger partial charge in [-0.05, 0) is 30.3 Å². The van der Waals surface area contributed by atoms with Crippen LogP contribution >= 0.6 is 46.3 Å². The van der Waals surface area contributed by atoms with E-state index < -0.39 is 0 Å². The van der Waals surface area contributed by atoms with E-state index in [0.717, 1.165) is 21.8 Å². The molecule has 0 fully saturated rings. The molecule has 26 heavy (non-hydrogen) atoms. The van der Waals surface area contributed by atoms with Gasteiger partial charge in [0.05, 0.1) is 10.7 Å². The Kier molecular flexibility index (Phi) is 5.26. The van der Waals surface area contributed by atoms with E-state index in [0.29, 0.717) is 26.9 Å². The molecule has 0 N–H and O–H groups in total. The highest BCUT2D eigenvalue weighted by atomic mass is 35.5. The molecular formula is C18H11Cl2N3OS2. The summed E-state index contributed by atoms with van der Waals surface area (Å²) in [5, 5.41) is 12.9. The topological polar surface area (TPSA) is 51.8 Å². The lowest BCUT2D eigenvalue weighted by atomic mass is 10.2. The molecule has 2 aromatic heterocycles. The summed E-state index contributed by atoms with van der Waals surface area (Å²) in [5.41, 5.74) is 2.72. The number of hydrogen-bond donors (Lipinski definition) is 0. The zero-order valence-electron chi connectivity index (χ0n) is 13.2. The highest BCUT2D eigenvalue weighted by Gasteiger charge is 2.12. The Morgan fingerprint density at radius 1 is 1.00 bits per heavy atom. The van der Waals surface area contributed by atoms with Crippen LogP contribution in [0.1, 0.15) is 5.69 Å². The molecule has 0 saturated heterocycles. The molecular weight excluding hydrogens is 409 g/mol. The maximum atomic E-state index is 6.23. The third kappa shape index (κ3) is 3.94. The molecule has 2 heterocycles. The first kappa shape index (κ1) is 17.5. The molecule has 0 aliphatic rings. The molecule has 4 aromatic rings. The lowest BCUT2D eigenvalue weighted by Crippen LogP contribution is -1.83. The van der Waals surface area contributed by atoms with Gasteiger partial charge in [0.2, 0.25) is 5.89 Å². The van der Waals surface area contributed by atoms with Gasteiger partial charge >= 0.3 is 0 Å². The quantitative estimate of drug-likeness (QED) is 0.347. The van der Waals surface area contributed by atoms with Crippen molar-refractivity contribution in [3.8, 4) is 22.0 Å². The molecule has 2 aromatic carbocycles. The van der Waals surface area contributed by atoms with Gasteiger partial charge in [0.25, 0.3) is 5.22 Å². The maximum Gasteiger partial charge on any atom is 0.277 e. The second kappa shape index (κ2) is 7.80. The van der Waals surface area contributed by atoms with E-state index in [1.54, 1.807) is 23.5 Å². The fourth-order valence-electron chi connectivity index (χ4n) is 2.24. The predicted octanol–water partition coefficient (Wildman–Crippen LogP) is 6.46. The van der Waals surface area contributed by atoms with Gasteiger partial charge in [-0.25, -0.2) is 4.98 Å². The number of halogens is 2. The van der Waals surface area contributed by atoms with E-state index >= 15 is 0 Å². The zero-order valence-corrected chi connectivity index (χ0v) is 16.4. The van der Waals surface area contributed by atoms with E-state index in [1.165, 1.54) is 11.8 Å². The summed E-state index contributed by atoms with van der Waals surface area (Å²) in [4.78, 5) is 4.64. The second-order valence-corrected chi connectivity index (χ2v) is 7.92. The number of nitrogens with zero attached hydrogens (tertiary/aromatic N) is 3. The molecule has 0 bridgehead atoms. The van der Waals surface area contributed by atoms with E-state index in [9.17, 15) is 0 Å². The minimum absolute atomic E-state index is 0.471. The number of thiazole rings is 1. The number of benzene rings is 2. The van der Waals surface area contributed by atoms with Gasteiger partial charge in [-0.15, -0.1) is 21.5 Å². The minimum atomic E-state index is 0.471. The monoisotopic (exact) mass is 419 g/mol. The molecule has 0 atom stereocenters. The predicted molar refractivity (Wildman–Crippen MR) is 107 cm³/mol. The lowest BCUT2D eigenvalue weighted by molar-refractivity contribution is 0.466. The van der Waals surface area contributed by atoms with Crippen LogP contribution in [0.5, 0.6) is 0 Å². The van der Waals surface area contributed by atoms with Crippen LogP contribution < -0.4 is 0 Å². The largest absolute Gasteiger partial charge is 0.411 e. The fourth-order valence-corrected chi connectivity index (χ4v) is 4.27. The Balaban J connectivity index is 1.44. The molecule has 0 radical (unpaired) electrons. The van der Waals surface area contributed by atoms with Gasteiger partial charge in [-0.2, -0.15) is 0 Å². The van der Waals surface area contributed by atoms with Crippen LogP contribution in [0.15, 0.2) is 63.6 Å². The Hall–Kier alpha value is -1.86. The highest BCUT2D eigenvalue weighted by Crippen LogP contribution is 2.32. The van der Waals surface area contributed by atoms with Gasteiger partial charge in [0, 0.05) is 27.3 Å². The van der Waals surface area contributed by atoms with E-state index in [1.807, 2.05) is 41.8 Å². The standard InChI is InChI=1S/C18H11Cl2N3OS2/c19-12-7-5-11(6-8-12)16-22-23-18(24-16)26-10-13-9-25-17(21-13)14-3-1-2-4-15(14)20/h1-9H,10H2. The van der Waals surface area contributed by atoms with Gasteiger partial charge in [0.1, 0.15) is 5.01 Å². The first-order chi connectivity index (χ1) is 12.7. The first-order valence-electron chi connectivity index (χ1n) is 7.60. The molecule has 0 saturated carbocycles. The van der Waals surface area contributed by atoms with Crippen LogP contribution in [0.25, 0.3) is 22.0 Å². The van der Waals surface area contributed by atoms with Crippen molar-refractivity contribution < 1.29 is 4.42 Å².